The molecule has 0 aliphatic heterocycles. The summed E-state index contributed by atoms with van der Waals surface area (Å²) in [7, 11) is -3.50. The fraction of sp³-hybridized carbons (Fsp3) is 0.350. The largest absolute Gasteiger partial charge is 0.490 e. The molecule has 9 heteroatoms. The molecule has 2 aromatic carbocycles. The third kappa shape index (κ3) is 7.10. The van der Waals surface area contributed by atoms with Crippen LogP contribution in [-0.2, 0) is 14.8 Å². The Morgan fingerprint density at radius 1 is 1.10 bits per heavy atom. The molecule has 0 fully saturated rings. The van der Waals surface area contributed by atoms with Gasteiger partial charge >= 0.3 is 0 Å². The second-order valence-electron chi connectivity index (χ2n) is 6.45. The topological polar surface area (TPSA) is 75.7 Å². The van der Waals surface area contributed by atoms with Crippen LogP contribution in [0, 0.1) is 6.92 Å². The van der Waals surface area contributed by atoms with Crippen molar-refractivity contribution in [2.24, 2.45) is 0 Å². The lowest BCUT2D eigenvalue weighted by molar-refractivity contribution is -0.121. The Kier molecular flexibility index (Phi) is 8.61. The summed E-state index contributed by atoms with van der Waals surface area (Å²) >= 11 is 12.1. The molecule has 1 N–H and O–H groups in total. The van der Waals surface area contributed by atoms with Gasteiger partial charge in [0, 0.05) is 18.0 Å². The van der Waals surface area contributed by atoms with Gasteiger partial charge in [-0.1, -0.05) is 41.4 Å². The number of anilines is 1. The van der Waals surface area contributed by atoms with Crippen LogP contribution < -0.4 is 14.4 Å². The van der Waals surface area contributed by atoms with Crippen LogP contribution in [0.5, 0.6) is 5.75 Å². The van der Waals surface area contributed by atoms with Gasteiger partial charge in [-0.15, -0.1) is 0 Å². The van der Waals surface area contributed by atoms with Crippen LogP contribution >= 0.6 is 23.2 Å². The monoisotopic (exact) mass is 458 g/mol. The highest BCUT2D eigenvalue weighted by atomic mass is 35.5. The van der Waals surface area contributed by atoms with Gasteiger partial charge in [0.2, 0.25) is 15.9 Å². The van der Waals surface area contributed by atoms with E-state index in [1.807, 2.05) is 12.1 Å². The first-order valence-corrected chi connectivity index (χ1v) is 11.7. The molecule has 0 bridgehead atoms. The van der Waals surface area contributed by atoms with Gasteiger partial charge in [0.15, 0.2) is 0 Å². The SMILES string of the molecule is Cc1c(Cl)cccc1N(CCCC(=O)NCCOc1ccccc1Cl)S(C)(=O)=O. The van der Waals surface area contributed by atoms with Crippen LogP contribution in [0.15, 0.2) is 42.5 Å². The average molecular weight is 459 g/mol. The summed E-state index contributed by atoms with van der Waals surface area (Å²) < 4.78 is 31.2. The first-order chi connectivity index (χ1) is 13.7. The number of benzene rings is 2. The number of hydrogen-bond donors (Lipinski definition) is 1. The van der Waals surface area contributed by atoms with Crippen molar-refractivity contribution >= 4 is 44.8 Å². The number of hydrogen-bond acceptors (Lipinski definition) is 4. The summed E-state index contributed by atoms with van der Waals surface area (Å²) in [5, 5.41) is 3.75. The van der Waals surface area contributed by atoms with Crippen LogP contribution in [0.2, 0.25) is 10.0 Å². The number of carbonyl (C=O) groups excluding carboxylic acids is 1. The molecule has 0 atom stereocenters. The molecule has 0 spiro atoms. The van der Waals surface area contributed by atoms with Gasteiger partial charge in [0.05, 0.1) is 23.5 Å². The van der Waals surface area contributed by atoms with Crippen molar-refractivity contribution in [2.45, 2.75) is 19.8 Å². The van der Waals surface area contributed by atoms with Crippen LogP contribution in [0.3, 0.4) is 0 Å². The van der Waals surface area contributed by atoms with E-state index in [0.717, 1.165) is 6.26 Å². The number of ether oxygens (including phenoxy) is 1. The van der Waals surface area contributed by atoms with E-state index in [1.54, 1.807) is 37.3 Å². The number of halogens is 2. The average Bonchev–Trinajstić information content (AvgIpc) is 2.65. The van der Waals surface area contributed by atoms with Crippen molar-refractivity contribution in [3.05, 3.63) is 58.1 Å². The fourth-order valence-corrected chi connectivity index (χ4v) is 4.09. The fourth-order valence-electron chi connectivity index (χ4n) is 2.72. The van der Waals surface area contributed by atoms with Gasteiger partial charge in [-0.25, -0.2) is 8.42 Å². The Bertz CT molecular complexity index is 951. The molecule has 0 radical (unpaired) electrons. The zero-order valence-electron chi connectivity index (χ0n) is 16.3. The first-order valence-electron chi connectivity index (χ1n) is 9.07. The van der Waals surface area contributed by atoms with E-state index >= 15 is 0 Å². The molecule has 0 heterocycles. The summed E-state index contributed by atoms with van der Waals surface area (Å²) in [6.07, 6.45) is 1.70. The lowest BCUT2D eigenvalue weighted by Crippen LogP contribution is -2.33. The Morgan fingerprint density at radius 2 is 1.79 bits per heavy atom. The maximum Gasteiger partial charge on any atom is 0.232 e. The van der Waals surface area contributed by atoms with Gasteiger partial charge < -0.3 is 10.1 Å². The third-order valence-corrected chi connectivity index (χ3v) is 6.09. The van der Waals surface area contributed by atoms with E-state index in [2.05, 4.69) is 5.32 Å². The first kappa shape index (κ1) is 23.3. The molecule has 0 unspecified atom stereocenters. The molecule has 0 aromatic heterocycles. The number of para-hydroxylation sites is 1. The predicted molar refractivity (Wildman–Crippen MR) is 118 cm³/mol. The van der Waals surface area contributed by atoms with Crippen molar-refractivity contribution in [3.8, 4) is 5.75 Å². The predicted octanol–water partition coefficient (Wildman–Crippen LogP) is 4.04. The second kappa shape index (κ2) is 10.7. The lowest BCUT2D eigenvalue weighted by Gasteiger charge is -2.24. The van der Waals surface area contributed by atoms with Crippen molar-refractivity contribution in [1.82, 2.24) is 5.32 Å². The van der Waals surface area contributed by atoms with E-state index in [0.29, 0.717) is 40.0 Å². The molecule has 0 saturated carbocycles. The Balaban J connectivity index is 1.81. The van der Waals surface area contributed by atoms with Crippen LogP contribution in [0.4, 0.5) is 5.69 Å². The van der Waals surface area contributed by atoms with Gasteiger partial charge in [0.25, 0.3) is 0 Å². The minimum absolute atomic E-state index is 0.177. The summed E-state index contributed by atoms with van der Waals surface area (Å²) in [5.41, 5.74) is 1.20. The Labute approximate surface area is 181 Å². The standard InChI is InChI=1S/C20H24Cl2N2O4S/c1-15-16(21)8-5-9-18(15)24(29(2,26)27)13-6-11-20(25)23-12-14-28-19-10-4-3-7-17(19)22/h3-5,7-10H,6,11-14H2,1-2H3,(H,23,25). The summed E-state index contributed by atoms with van der Waals surface area (Å²) in [5.74, 6) is 0.383. The van der Waals surface area contributed by atoms with Crippen molar-refractivity contribution in [2.75, 3.05) is 30.3 Å². The smallest absolute Gasteiger partial charge is 0.232 e. The Hall–Kier alpha value is -1.96. The number of carbonyl (C=O) groups is 1. The minimum atomic E-state index is -3.50. The molecule has 1 amide bonds. The van der Waals surface area contributed by atoms with E-state index in [4.69, 9.17) is 27.9 Å². The van der Waals surface area contributed by atoms with Crippen molar-refractivity contribution < 1.29 is 17.9 Å². The maximum absolute atomic E-state index is 12.2. The zero-order chi connectivity index (χ0) is 21.4. The molecule has 158 valence electrons. The lowest BCUT2D eigenvalue weighted by atomic mass is 10.2. The van der Waals surface area contributed by atoms with E-state index in [1.165, 1.54) is 4.31 Å². The number of sulfonamides is 1. The molecular weight excluding hydrogens is 435 g/mol. The second-order valence-corrected chi connectivity index (χ2v) is 9.17. The van der Waals surface area contributed by atoms with Gasteiger partial charge in [-0.2, -0.15) is 0 Å². The van der Waals surface area contributed by atoms with Gasteiger partial charge in [-0.05, 0) is 43.2 Å². The molecule has 0 aliphatic rings. The van der Waals surface area contributed by atoms with Crippen LogP contribution in [0.1, 0.15) is 18.4 Å². The van der Waals surface area contributed by atoms with E-state index in [9.17, 15) is 13.2 Å². The molecule has 0 saturated heterocycles. The van der Waals surface area contributed by atoms with Crippen molar-refractivity contribution in [3.63, 3.8) is 0 Å². The van der Waals surface area contributed by atoms with Crippen LogP contribution in [0.25, 0.3) is 0 Å². The zero-order valence-corrected chi connectivity index (χ0v) is 18.6. The number of rotatable bonds is 10. The van der Waals surface area contributed by atoms with E-state index in [-0.39, 0.29) is 25.5 Å². The normalized spacial score (nSPS) is 11.2. The molecular formula is C20H24Cl2N2O4S. The molecule has 6 nitrogen and oxygen atoms in total. The van der Waals surface area contributed by atoms with E-state index < -0.39 is 10.0 Å². The third-order valence-electron chi connectivity index (χ3n) is 4.19. The Morgan fingerprint density at radius 3 is 2.48 bits per heavy atom. The molecule has 2 rings (SSSR count). The maximum atomic E-state index is 12.2. The summed E-state index contributed by atoms with van der Waals surface area (Å²) in [4.78, 5) is 12.0. The van der Waals surface area contributed by atoms with Crippen LogP contribution in [-0.4, -0.2) is 40.3 Å². The summed E-state index contributed by atoms with van der Waals surface area (Å²) in [6.45, 7) is 2.56. The van der Waals surface area contributed by atoms with Crippen molar-refractivity contribution in [1.29, 1.82) is 0 Å². The molecule has 0 aliphatic carbocycles. The highest BCUT2D eigenvalue weighted by Crippen LogP contribution is 2.28. The van der Waals surface area contributed by atoms with Gasteiger partial charge in [-0.3, -0.25) is 9.10 Å². The number of nitrogens with zero attached hydrogens (tertiary/aromatic N) is 1. The molecule has 29 heavy (non-hydrogen) atoms. The number of amides is 1. The number of nitrogens with one attached hydrogen (secondary N) is 1. The highest BCUT2D eigenvalue weighted by Gasteiger charge is 2.20. The highest BCUT2D eigenvalue weighted by molar-refractivity contribution is 7.92. The minimum Gasteiger partial charge on any atom is -0.490 e. The summed E-state index contributed by atoms with van der Waals surface area (Å²) in [6, 6.07) is 12.2. The molecule has 2 aromatic rings. The quantitative estimate of drug-likeness (QED) is 0.544. The van der Waals surface area contributed by atoms with Gasteiger partial charge in [0.1, 0.15) is 12.4 Å².